The van der Waals surface area contributed by atoms with Crippen molar-refractivity contribution in [2.24, 2.45) is 23.2 Å². The molecule has 0 aromatic carbocycles. The minimum absolute atomic E-state index is 0.0469. The predicted octanol–water partition coefficient (Wildman–Crippen LogP) is 2.95. The highest BCUT2D eigenvalue weighted by molar-refractivity contribution is 5.56. The summed E-state index contributed by atoms with van der Waals surface area (Å²) in [5.74, 6) is 1.08. The van der Waals surface area contributed by atoms with Crippen LogP contribution in [-0.2, 0) is 4.79 Å². The molecule has 2 heteroatoms. The second-order valence-electron chi connectivity index (χ2n) is 6.29. The normalized spacial score (nSPS) is 46.1. The van der Waals surface area contributed by atoms with Crippen LogP contribution >= 0.6 is 0 Å². The third-order valence-corrected chi connectivity index (χ3v) is 5.32. The molecule has 96 valence electrons. The van der Waals surface area contributed by atoms with Crippen molar-refractivity contribution < 1.29 is 9.90 Å². The van der Waals surface area contributed by atoms with Crippen LogP contribution in [0.1, 0.15) is 46.0 Å². The third-order valence-electron chi connectivity index (χ3n) is 5.32. The number of rotatable bonds is 2. The molecule has 17 heavy (non-hydrogen) atoms. The molecular formula is C15H24O2. The number of aliphatic hydroxyl groups is 1. The van der Waals surface area contributed by atoms with E-state index in [1.807, 2.05) is 0 Å². The molecule has 0 aromatic rings. The van der Waals surface area contributed by atoms with Gasteiger partial charge in [-0.1, -0.05) is 19.1 Å². The zero-order chi connectivity index (χ0) is 12.6. The fourth-order valence-electron chi connectivity index (χ4n) is 4.13. The second-order valence-corrected chi connectivity index (χ2v) is 6.29. The van der Waals surface area contributed by atoms with Crippen LogP contribution in [0, 0.1) is 23.2 Å². The fraction of sp³-hybridized carbons (Fsp3) is 0.800. The van der Waals surface area contributed by atoms with Gasteiger partial charge in [-0.25, -0.2) is 0 Å². The summed E-state index contributed by atoms with van der Waals surface area (Å²) in [7, 11) is 0. The molecule has 2 saturated carbocycles. The molecular weight excluding hydrogens is 212 g/mol. The summed E-state index contributed by atoms with van der Waals surface area (Å²) >= 11 is 0. The van der Waals surface area contributed by atoms with Gasteiger partial charge in [0.1, 0.15) is 6.29 Å². The SMILES string of the molecule is C=C(C)[C@@H]1CCC2(C1)[C@H](C)C[C@H](O)C[C@@H]2C=O. The van der Waals surface area contributed by atoms with E-state index in [0.717, 1.165) is 25.5 Å². The number of aliphatic hydroxyl groups excluding tert-OH is 1. The van der Waals surface area contributed by atoms with Gasteiger partial charge < -0.3 is 9.90 Å². The lowest BCUT2D eigenvalue weighted by Gasteiger charge is -2.46. The zero-order valence-corrected chi connectivity index (χ0v) is 11.0. The Hall–Kier alpha value is -0.630. The number of aldehydes is 1. The number of hydrogen-bond donors (Lipinski definition) is 1. The van der Waals surface area contributed by atoms with Crippen LogP contribution in [0.3, 0.4) is 0 Å². The van der Waals surface area contributed by atoms with Crippen molar-refractivity contribution in [3.63, 3.8) is 0 Å². The maximum atomic E-state index is 11.4. The molecule has 0 radical (unpaired) electrons. The molecule has 2 nitrogen and oxygen atoms in total. The maximum absolute atomic E-state index is 11.4. The summed E-state index contributed by atoms with van der Waals surface area (Å²) < 4.78 is 0. The zero-order valence-electron chi connectivity index (χ0n) is 11.0. The highest BCUT2D eigenvalue weighted by Gasteiger charge is 2.51. The molecule has 0 aliphatic heterocycles. The molecule has 0 bridgehead atoms. The Morgan fingerprint density at radius 3 is 2.71 bits per heavy atom. The first-order valence-electron chi connectivity index (χ1n) is 6.78. The van der Waals surface area contributed by atoms with Crippen molar-refractivity contribution in [2.45, 2.75) is 52.1 Å². The third kappa shape index (κ3) is 2.08. The van der Waals surface area contributed by atoms with E-state index in [1.54, 1.807) is 0 Å². The molecule has 1 spiro atoms. The highest BCUT2D eigenvalue weighted by Crippen LogP contribution is 2.57. The first-order valence-corrected chi connectivity index (χ1v) is 6.78. The lowest BCUT2D eigenvalue weighted by Crippen LogP contribution is -2.43. The summed E-state index contributed by atoms with van der Waals surface area (Å²) in [4.78, 5) is 11.4. The molecule has 2 fully saturated rings. The quantitative estimate of drug-likeness (QED) is 0.591. The van der Waals surface area contributed by atoms with E-state index >= 15 is 0 Å². The van der Waals surface area contributed by atoms with E-state index in [2.05, 4.69) is 20.4 Å². The molecule has 2 aliphatic carbocycles. The summed E-state index contributed by atoms with van der Waals surface area (Å²) in [5, 5.41) is 9.82. The molecule has 0 aromatic heterocycles. The van der Waals surface area contributed by atoms with Crippen molar-refractivity contribution in [3.8, 4) is 0 Å². The van der Waals surface area contributed by atoms with Gasteiger partial charge >= 0.3 is 0 Å². The fourth-order valence-corrected chi connectivity index (χ4v) is 4.13. The van der Waals surface area contributed by atoms with Crippen LogP contribution in [0.5, 0.6) is 0 Å². The van der Waals surface area contributed by atoms with E-state index in [-0.39, 0.29) is 17.4 Å². The molecule has 1 N–H and O–H groups in total. The van der Waals surface area contributed by atoms with E-state index in [1.165, 1.54) is 12.0 Å². The van der Waals surface area contributed by atoms with Crippen molar-refractivity contribution >= 4 is 6.29 Å². The lowest BCUT2D eigenvalue weighted by molar-refractivity contribution is -0.123. The highest BCUT2D eigenvalue weighted by atomic mass is 16.3. The average molecular weight is 236 g/mol. The van der Waals surface area contributed by atoms with Crippen LogP contribution < -0.4 is 0 Å². The largest absolute Gasteiger partial charge is 0.393 e. The van der Waals surface area contributed by atoms with Gasteiger partial charge in [0, 0.05) is 5.92 Å². The van der Waals surface area contributed by atoms with Crippen molar-refractivity contribution in [2.75, 3.05) is 0 Å². The topological polar surface area (TPSA) is 37.3 Å². The Bertz CT molecular complexity index is 323. The Kier molecular flexibility index (Phi) is 3.44. The first-order chi connectivity index (χ1) is 7.99. The summed E-state index contributed by atoms with van der Waals surface area (Å²) in [6.07, 6.45) is 5.72. The monoisotopic (exact) mass is 236 g/mol. The number of carbonyl (C=O) groups is 1. The summed E-state index contributed by atoms with van der Waals surface area (Å²) in [6, 6.07) is 0. The molecule has 1 unspecified atom stereocenters. The van der Waals surface area contributed by atoms with Gasteiger partial charge in [-0.3, -0.25) is 0 Å². The Balaban J connectivity index is 2.22. The second kappa shape index (κ2) is 4.56. The van der Waals surface area contributed by atoms with Crippen LogP contribution in [0.15, 0.2) is 12.2 Å². The molecule has 2 aliphatic rings. The molecule has 0 saturated heterocycles. The van der Waals surface area contributed by atoms with Gasteiger partial charge in [0.25, 0.3) is 0 Å². The van der Waals surface area contributed by atoms with E-state index < -0.39 is 0 Å². The van der Waals surface area contributed by atoms with Gasteiger partial charge in [-0.05, 0) is 56.3 Å². The Morgan fingerprint density at radius 2 is 2.18 bits per heavy atom. The minimum Gasteiger partial charge on any atom is -0.393 e. The van der Waals surface area contributed by atoms with Gasteiger partial charge in [0.05, 0.1) is 6.10 Å². The van der Waals surface area contributed by atoms with Crippen LogP contribution in [0.2, 0.25) is 0 Å². The van der Waals surface area contributed by atoms with E-state index in [0.29, 0.717) is 18.3 Å². The van der Waals surface area contributed by atoms with Gasteiger partial charge in [0.2, 0.25) is 0 Å². The first kappa shape index (κ1) is 12.8. The Labute approximate surface area is 104 Å². The molecule has 0 heterocycles. The number of allylic oxidation sites excluding steroid dienone is 1. The van der Waals surface area contributed by atoms with E-state index in [4.69, 9.17) is 0 Å². The van der Waals surface area contributed by atoms with Gasteiger partial charge in [0.15, 0.2) is 0 Å². The summed E-state index contributed by atoms with van der Waals surface area (Å²) in [5.41, 5.74) is 1.40. The van der Waals surface area contributed by atoms with E-state index in [9.17, 15) is 9.90 Å². The van der Waals surface area contributed by atoms with Crippen molar-refractivity contribution in [1.82, 2.24) is 0 Å². The lowest BCUT2D eigenvalue weighted by atomic mass is 9.59. The number of hydrogen-bond acceptors (Lipinski definition) is 2. The van der Waals surface area contributed by atoms with Gasteiger partial charge in [-0.2, -0.15) is 0 Å². The summed E-state index contributed by atoms with van der Waals surface area (Å²) in [6.45, 7) is 8.38. The Morgan fingerprint density at radius 1 is 1.47 bits per heavy atom. The molecule has 0 amide bonds. The van der Waals surface area contributed by atoms with Crippen molar-refractivity contribution in [3.05, 3.63) is 12.2 Å². The smallest absolute Gasteiger partial charge is 0.123 e. The molecule has 5 atom stereocenters. The standard InChI is InChI=1S/C15H24O2/c1-10(2)12-4-5-15(8-12)11(3)6-14(17)7-13(15)9-16/h9,11-14,17H,1,4-8H2,2-3H3/t11-,12-,13-,14+,15?/m1/s1. The predicted molar refractivity (Wildman–Crippen MR) is 68.5 cm³/mol. The molecule has 2 rings (SSSR count). The van der Waals surface area contributed by atoms with Crippen molar-refractivity contribution in [1.29, 1.82) is 0 Å². The average Bonchev–Trinajstić information content (AvgIpc) is 2.70. The van der Waals surface area contributed by atoms with Crippen LogP contribution in [0.4, 0.5) is 0 Å². The van der Waals surface area contributed by atoms with Crippen LogP contribution in [0.25, 0.3) is 0 Å². The maximum Gasteiger partial charge on any atom is 0.123 e. The van der Waals surface area contributed by atoms with Gasteiger partial charge in [-0.15, -0.1) is 0 Å². The number of carbonyl (C=O) groups excluding carboxylic acids is 1. The minimum atomic E-state index is -0.283. The van der Waals surface area contributed by atoms with Crippen LogP contribution in [-0.4, -0.2) is 17.5 Å².